The first-order valence-electron chi connectivity index (χ1n) is 27.3. The highest BCUT2D eigenvalue weighted by Gasteiger charge is 2.73. The minimum absolute atomic E-state index is 0.00304. The monoisotopic (exact) mass is 1100 g/mol. The highest BCUT2D eigenvalue weighted by molar-refractivity contribution is 6.01. The van der Waals surface area contributed by atoms with Gasteiger partial charge in [0.05, 0.1) is 24.5 Å². The van der Waals surface area contributed by atoms with E-state index in [1.807, 2.05) is 24.3 Å². The summed E-state index contributed by atoms with van der Waals surface area (Å²) in [5.74, 6) is -2.43. The molecule has 2 heterocycles. The van der Waals surface area contributed by atoms with Gasteiger partial charge in [-0.05, 0) is 132 Å². The number of amides is 4. The Labute approximate surface area is 467 Å². The van der Waals surface area contributed by atoms with Crippen LogP contribution >= 0.6 is 0 Å². The molecule has 4 fully saturated rings. The molecular formula is C61H65N9O11. The van der Waals surface area contributed by atoms with Crippen molar-refractivity contribution in [2.45, 2.75) is 84.0 Å². The Balaban J connectivity index is 0.685. The molecule has 20 nitrogen and oxygen atoms in total. The van der Waals surface area contributed by atoms with Gasteiger partial charge in [0.15, 0.2) is 17.9 Å². The molecule has 81 heavy (non-hydrogen) atoms. The van der Waals surface area contributed by atoms with Gasteiger partial charge in [-0.15, -0.1) is 20.4 Å². The Kier molecular flexibility index (Phi) is 16.1. The third-order valence-electron chi connectivity index (χ3n) is 17.9. The van der Waals surface area contributed by atoms with E-state index in [4.69, 9.17) is 4.74 Å². The number of hydrogen-bond donors (Lipinski definition) is 7. The summed E-state index contributed by atoms with van der Waals surface area (Å²) in [6.07, 6.45) is 8.17. The standard InChI is InChI=1S/C61H65N9O11/c1-59-23-22-46(72)27-41(59)14-19-47-48-28-42-31-70(34-61(42,51(74)32-71)60(48,2)29-50(73)55(47)59)45-17-10-36(11-18-45)24-39-4-3-5-44(25-39)66-58(80)81-33-38-8-15-43(16-9-38)65-57(79)49(20-21-54(77)78)67-53(76)30-62-52(75)26-37-6-12-40(13-7-37)56-68-63-35-64-69-56/h3-13,15-18,22-23,25,27,35,42,47-50,55,71,73H,14,19-21,24,26,28-34H2,1-2H3,(H,62,75)(H,65,79)(H,66,80)(H,67,76)(H,77,78)/t42-,47-,48-,49-,50-,55+,59-,60-,61+/m0/s1. The molecule has 1 saturated heterocycles. The zero-order valence-corrected chi connectivity index (χ0v) is 45.0. The zero-order valence-electron chi connectivity index (χ0n) is 45.0. The second kappa shape index (κ2) is 23.3. The summed E-state index contributed by atoms with van der Waals surface area (Å²) in [6, 6.07) is 27.8. The fourth-order valence-corrected chi connectivity index (χ4v) is 14.1. The van der Waals surface area contributed by atoms with E-state index in [9.17, 15) is 48.9 Å². The summed E-state index contributed by atoms with van der Waals surface area (Å²) < 4.78 is 5.50. The molecule has 5 aliphatic rings. The van der Waals surface area contributed by atoms with Crippen molar-refractivity contribution in [1.29, 1.82) is 0 Å². The van der Waals surface area contributed by atoms with Crippen LogP contribution in [0.15, 0.2) is 127 Å². The molecular weight excluding hydrogens is 1030 g/mol. The Morgan fingerprint density at radius 3 is 2.31 bits per heavy atom. The number of ketones is 2. The molecule has 4 amide bonds. The van der Waals surface area contributed by atoms with E-state index < -0.39 is 77.7 Å². The van der Waals surface area contributed by atoms with Crippen LogP contribution in [0.25, 0.3) is 11.4 Å². The van der Waals surface area contributed by atoms with Gasteiger partial charge in [-0.3, -0.25) is 34.1 Å². The molecule has 5 aromatic rings. The summed E-state index contributed by atoms with van der Waals surface area (Å²) in [4.78, 5) is 91.9. The van der Waals surface area contributed by atoms with Gasteiger partial charge in [0.25, 0.3) is 0 Å². The largest absolute Gasteiger partial charge is 0.481 e. The van der Waals surface area contributed by atoms with Crippen molar-refractivity contribution in [2.24, 2.45) is 39.9 Å². The quantitative estimate of drug-likeness (QED) is 0.0515. The number of aliphatic carboxylic acids is 1. The molecule has 20 heteroatoms. The summed E-state index contributed by atoms with van der Waals surface area (Å²) in [7, 11) is 0. The first-order valence-corrected chi connectivity index (χ1v) is 27.3. The SMILES string of the molecule is C[C@]12C=CC(=O)C=C1CC[C@@H]1[C@@H]2[C@@H](O)C[C@@]2(C)[C@H]1C[C@H]1CN(c3ccc(Cc4cccc(NC(=O)OCc5ccc(NC(=O)[C@H](CCC(=O)O)NC(=O)CNC(=O)Cc6ccc(-c7nncnn7)cc6)cc5)c4)cc3)C[C@]12C(=O)CO. The predicted molar refractivity (Wildman–Crippen MR) is 297 cm³/mol. The normalized spacial score (nSPS) is 25.4. The summed E-state index contributed by atoms with van der Waals surface area (Å²) in [5.41, 5.74) is 5.14. The van der Waals surface area contributed by atoms with Gasteiger partial charge in [-0.25, -0.2) is 4.79 Å². The number of aliphatic hydroxyl groups is 2. The Morgan fingerprint density at radius 2 is 1.58 bits per heavy atom. The Morgan fingerprint density at radius 1 is 0.852 bits per heavy atom. The molecule has 0 spiro atoms. The number of nitrogens with one attached hydrogen (secondary N) is 4. The van der Waals surface area contributed by atoms with Crippen molar-refractivity contribution in [2.75, 3.05) is 41.8 Å². The maximum Gasteiger partial charge on any atom is 0.411 e. The highest BCUT2D eigenvalue weighted by atomic mass is 16.5. The topological polar surface area (TPSA) is 292 Å². The number of rotatable bonds is 19. The van der Waals surface area contributed by atoms with Gasteiger partial charge in [-0.2, -0.15) is 0 Å². The lowest BCUT2D eigenvalue weighted by molar-refractivity contribution is -0.157. The fourth-order valence-electron chi connectivity index (χ4n) is 14.1. The molecule has 4 aromatic carbocycles. The molecule has 1 aromatic heterocycles. The van der Waals surface area contributed by atoms with Crippen LogP contribution in [0.2, 0.25) is 0 Å². The number of anilines is 3. The summed E-state index contributed by atoms with van der Waals surface area (Å²) in [6.45, 7) is 4.40. The lowest BCUT2D eigenvalue weighted by Crippen LogP contribution is -2.60. The van der Waals surface area contributed by atoms with E-state index in [0.717, 1.165) is 41.6 Å². The number of aliphatic hydroxyl groups excluding tert-OH is 2. The van der Waals surface area contributed by atoms with Crippen LogP contribution in [-0.2, 0) is 53.0 Å². The average Bonchev–Trinajstić information content (AvgIpc) is 3.95. The van der Waals surface area contributed by atoms with Crippen LogP contribution < -0.4 is 26.2 Å². The van der Waals surface area contributed by atoms with E-state index in [2.05, 4.69) is 84.7 Å². The van der Waals surface area contributed by atoms with Gasteiger partial charge >= 0.3 is 12.1 Å². The first kappa shape index (κ1) is 55.8. The number of carboxylic acids is 1. The van der Waals surface area contributed by atoms with E-state index in [1.165, 1.54) is 6.33 Å². The maximum absolute atomic E-state index is 14.2. The van der Waals surface area contributed by atoms with Crippen LogP contribution in [0.3, 0.4) is 0 Å². The van der Waals surface area contributed by atoms with Crippen molar-refractivity contribution in [3.8, 4) is 11.4 Å². The zero-order chi connectivity index (χ0) is 57.1. The lowest BCUT2D eigenvalue weighted by atomic mass is 9.44. The van der Waals surface area contributed by atoms with Gasteiger partial charge in [0, 0.05) is 53.5 Å². The lowest BCUT2D eigenvalue weighted by Gasteiger charge is -2.60. The third-order valence-corrected chi connectivity index (χ3v) is 17.9. The third kappa shape index (κ3) is 11.6. The number of allylic oxidation sites excluding steroid dienone is 4. The van der Waals surface area contributed by atoms with Crippen LogP contribution in [-0.4, -0.2) is 115 Å². The molecule has 0 bridgehead atoms. The van der Waals surface area contributed by atoms with Gasteiger partial charge in [0.1, 0.15) is 19.3 Å². The predicted octanol–water partition coefficient (Wildman–Crippen LogP) is 5.79. The van der Waals surface area contributed by atoms with Crippen LogP contribution in [0.1, 0.15) is 74.6 Å². The van der Waals surface area contributed by atoms with Crippen LogP contribution in [0.4, 0.5) is 21.9 Å². The van der Waals surface area contributed by atoms with E-state index in [-0.39, 0.29) is 54.7 Å². The van der Waals surface area contributed by atoms with E-state index >= 15 is 0 Å². The van der Waals surface area contributed by atoms with Crippen molar-refractivity contribution in [1.82, 2.24) is 31.0 Å². The minimum atomic E-state index is -1.23. The van der Waals surface area contributed by atoms with Crippen molar-refractivity contribution in [3.63, 3.8) is 0 Å². The molecule has 7 N–H and O–H groups in total. The molecule has 9 atom stereocenters. The van der Waals surface area contributed by atoms with Crippen molar-refractivity contribution in [3.05, 3.63) is 149 Å². The van der Waals surface area contributed by atoms with Crippen LogP contribution in [0, 0.1) is 39.9 Å². The highest BCUT2D eigenvalue weighted by Crippen LogP contribution is 2.72. The molecule has 10 rings (SSSR count). The minimum Gasteiger partial charge on any atom is -0.481 e. The van der Waals surface area contributed by atoms with Crippen molar-refractivity contribution < 1.29 is 53.6 Å². The second-order valence-corrected chi connectivity index (χ2v) is 22.6. The number of ether oxygens (including phenoxy) is 1. The second-order valence-electron chi connectivity index (χ2n) is 22.6. The maximum atomic E-state index is 14.2. The Hall–Kier alpha value is -8.49. The number of carbonyl (C=O) groups is 7. The summed E-state index contributed by atoms with van der Waals surface area (Å²) in [5, 5.41) is 57.6. The number of carbonyl (C=O) groups excluding carboxylic acids is 6. The number of aromatic nitrogens is 4. The average molecular weight is 1100 g/mol. The Bertz CT molecular complexity index is 3280. The number of benzene rings is 4. The molecule has 3 saturated carbocycles. The number of nitrogens with zero attached hydrogens (tertiary/aromatic N) is 5. The molecule has 0 unspecified atom stereocenters. The van der Waals surface area contributed by atoms with E-state index in [1.54, 1.807) is 66.7 Å². The summed E-state index contributed by atoms with van der Waals surface area (Å²) >= 11 is 0. The van der Waals surface area contributed by atoms with Crippen LogP contribution in [0.5, 0.6) is 0 Å². The van der Waals surface area contributed by atoms with E-state index in [0.29, 0.717) is 59.8 Å². The first-order chi connectivity index (χ1) is 38.9. The number of Topliss-reactive ketones (excluding diaryl/α,β-unsaturated/α-hetero) is 1. The van der Waals surface area contributed by atoms with Gasteiger partial charge in [-0.1, -0.05) is 86.2 Å². The molecule has 1 aliphatic heterocycles. The fraction of sp³-hybridized carbons (Fsp3) is 0.393. The smallest absolute Gasteiger partial charge is 0.411 e. The van der Waals surface area contributed by atoms with Crippen molar-refractivity contribution >= 4 is 58.4 Å². The van der Waals surface area contributed by atoms with Gasteiger partial charge < -0.3 is 40.9 Å². The van der Waals surface area contributed by atoms with Gasteiger partial charge in [0.2, 0.25) is 23.5 Å². The number of fused-ring (bicyclic) bond motifs is 7. The molecule has 0 radical (unpaired) electrons. The number of carboxylic acid groups (broad SMARTS) is 1. The molecule has 4 aliphatic carbocycles. The molecule has 420 valence electrons. The number of hydrogen-bond acceptors (Lipinski definition) is 15.